The Bertz CT molecular complexity index is 799. The highest BCUT2D eigenvalue weighted by Crippen LogP contribution is 2.28. The molecule has 0 bridgehead atoms. The van der Waals surface area contributed by atoms with Crippen molar-refractivity contribution in [2.45, 2.75) is 20.0 Å². The lowest BCUT2D eigenvalue weighted by atomic mass is 10.2. The molecule has 22 heavy (non-hydrogen) atoms. The first-order chi connectivity index (χ1) is 10.6. The molecule has 0 spiro atoms. The van der Waals surface area contributed by atoms with Gasteiger partial charge in [0.2, 0.25) is 0 Å². The maximum absolute atomic E-state index is 12.2. The molecule has 3 rings (SSSR count). The Hall–Kier alpha value is -2.40. The van der Waals surface area contributed by atoms with Crippen LogP contribution in [0.1, 0.15) is 12.5 Å². The minimum Gasteiger partial charge on any atom is -0.481 e. The Balaban J connectivity index is 1.71. The third kappa shape index (κ3) is 3.09. The minimum absolute atomic E-state index is 0.208. The van der Waals surface area contributed by atoms with E-state index in [1.165, 1.54) is 11.3 Å². The Labute approximate surface area is 132 Å². The largest absolute Gasteiger partial charge is 0.481 e. The number of nitrogens with one attached hydrogen (secondary N) is 1. The number of hydrogen-bond donors (Lipinski definition) is 1. The molecule has 1 amide bonds. The highest BCUT2D eigenvalue weighted by Gasteiger charge is 2.17. The van der Waals surface area contributed by atoms with Gasteiger partial charge < -0.3 is 4.74 Å². The molecule has 0 radical (unpaired) electrons. The van der Waals surface area contributed by atoms with Crippen molar-refractivity contribution in [3.63, 3.8) is 0 Å². The molecule has 0 aliphatic carbocycles. The van der Waals surface area contributed by atoms with Crippen LogP contribution in [0.4, 0.5) is 5.13 Å². The van der Waals surface area contributed by atoms with E-state index in [2.05, 4.69) is 10.3 Å². The lowest BCUT2D eigenvalue weighted by Gasteiger charge is -2.13. The zero-order chi connectivity index (χ0) is 15.5. The molecule has 1 aromatic heterocycles. The highest BCUT2D eigenvalue weighted by atomic mass is 32.1. The van der Waals surface area contributed by atoms with E-state index < -0.39 is 6.10 Å². The van der Waals surface area contributed by atoms with Crippen molar-refractivity contribution < 1.29 is 9.53 Å². The second kappa shape index (κ2) is 6.15. The molecule has 0 aliphatic rings. The van der Waals surface area contributed by atoms with Gasteiger partial charge in [-0.2, -0.15) is 0 Å². The van der Waals surface area contributed by atoms with E-state index in [4.69, 9.17) is 4.74 Å². The van der Waals surface area contributed by atoms with E-state index in [9.17, 15) is 4.79 Å². The van der Waals surface area contributed by atoms with Gasteiger partial charge in [-0.05, 0) is 37.6 Å². The number of anilines is 1. The van der Waals surface area contributed by atoms with Gasteiger partial charge in [0.05, 0.1) is 10.2 Å². The standard InChI is InChI=1S/C17H16N2O2S/c1-11-7-6-10-14-15(11)18-17(22-14)19-16(20)12(2)21-13-8-4-3-5-9-13/h3-10,12H,1-2H3,(H,18,19,20). The lowest BCUT2D eigenvalue weighted by molar-refractivity contribution is -0.122. The number of nitrogens with zero attached hydrogens (tertiary/aromatic N) is 1. The number of ether oxygens (including phenoxy) is 1. The zero-order valence-electron chi connectivity index (χ0n) is 12.4. The number of thiazole rings is 1. The molecule has 1 atom stereocenters. The first kappa shape index (κ1) is 14.5. The summed E-state index contributed by atoms with van der Waals surface area (Å²) in [6.45, 7) is 3.73. The molecule has 4 nitrogen and oxygen atoms in total. The SMILES string of the molecule is Cc1cccc2sc(NC(=O)C(C)Oc3ccccc3)nc12. The fraction of sp³-hybridized carbons (Fsp3) is 0.176. The average molecular weight is 312 g/mol. The van der Waals surface area contributed by atoms with Gasteiger partial charge in [0.25, 0.3) is 5.91 Å². The molecule has 2 aromatic carbocycles. The normalized spacial score (nSPS) is 12.1. The van der Waals surface area contributed by atoms with Crippen LogP contribution in [0.25, 0.3) is 10.2 Å². The van der Waals surface area contributed by atoms with E-state index in [1.54, 1.807) is 6.92 Å². The van der Waals surface area contributed by atoms with Crippen molar-refractivity contribution in [1.82, 2.24) is 4.98 Å². The molecule has 112 valence electrons. The second-order valence-corrected chi connectivity index (χ2v) is 6.03. The summed E-state index contributed by atoms with van der Waals surface area (Å²) in [6, 6.07) is 15.3. The molecule has 5 heteroatoms. The molecule has 0 saturated heterocycles. The van der Waals surface area contributed by atoms with Crippen molar-refractivity contribution in [3.05, 3.63) is 54.1 Å². The molecule has 0 aliphatic heterocycles. The summed E-state index contributed by atoms with van der Waals surface area (Å²) in [4.78, 5) is 16.7. The number of aryl methyl sites for hydroxylation is 1. The molecule has 3 aromatic rings. The number of hydrogen-bond acceptors (Lipinski definition) is 4. The van der Waals surface area contributed by atoms with E-state index in [0.29, 0.717) is 10.9 Å². The quantitative estimate of drug-likeness (QED) is 0.792. The third-order valence-electron chi connectivity index (χ3n) is 3.28. The number of carbonyl (C=O) groups excluding carboxylic acids is 1. The summed E-state index contributed by atoms with van der Waals surface area (Å²) < 4.78 is 6.67. The van der Waals surface area contributed by atoms with Gasteiger partial charge in [0.1, 0.15) is 5.75 Å². The van der Waals surface area contributed by atoms with Crippen LogP contribution in [0.5, 0.6) is 5.75 Å². The van der Waals surface area contributed by atoms with Crippen molar-refractivity contribution in [3.8, 4) is 5.75 Å². The maximum Gasteiger partial charge on any atom is 0.266 e. The highest BCUT2D eigenvalue weighted by molar-refractivity contribution is 7.22. The fourth-order valence-electron chi connectivity index (χ4n) is 2.10. The molecule has 1 unspecified atom stereocenters. The first-order valence-electron chi connectivity index (χ1n) is 7.02. The number of carbonyl (C=O) groups is 1. The third-order valence-corrected chi connectivity index (χ3v) is 4.21. The average Bonchev–Trinajstić information content (AvgIpc) is 2.92. The lowest BCUT2D eigenvalue weighted by Crippen LogP contribution is -2.30. The van der Waals surface area contributed by atoms with Crippen LogP contribution in [0.15, 0.2) is 48.5 Å². The first-order valence-corrected chi connectivity index (χ1v) is 7.84. The Morgan fingerprint density at radius 2 is 1.95 bits per heavy atom. The van der Waals surface area contributed by atoms with Gasteiger partial charge in [-0.3, -0.25) is 10.1 Å². The Kier molecular flexibility index (Phi) is 4.06. The van der Waals surface area contributed by atoms with Gasteiger partial charge in [-0.15, -0.1) is 0 Å². The smallest absolute Gasteiger partial charge is 0.266 e. The van der Waals surface area contributed by atoms with Gasteiger partial charge in [0.15, 0.2) is 11.2 Å². The van der Waals surface area contributed by atoms with Crippen molar-refractivity contribution in [1.29, 1.82) is 0 Å². The number of benzene rings is 2. The maximum atomic E-state index is 12.2. The predicted molar refractivity (Wildman–Crippen MR) is 89.5 cm³/mol. The monoisotopic (exact) mass is 312 g/mol. The van der Waals surface area contributed by atoms with Gasteiger partial charge in [0, 0.05) is 0 Å². The summed E-state index contributed by atoms with van der Waals surface area (Å²) >= 11 is 1.46. The Morgan fingerprint density at radius 3 is 2.68 bits per heavy atom. The molecular weight excluding hydrogens is 296 g/mol. The van der Waals surface area contributed by atoms with Crippen LogP contribution in [0, 0.1) is 6.92 Å². The van der Waals surface area contributed by atoms with Gasteiger partial charge >= 0.3 is 0 Å². The van der Waals surface area contributed by atoms with Crippen LogP contribution in [-0.4, -0.2) is 17.0 Å². The summed E-state index contributed by atoms with van der Waals surface area (Å²) in [6.07, 6.45) is -0.587. The van der Waals surface area contributed by atoms with Crippen LogP contribution in [0.2, 0.25) is 0 Å². The van der Waals surface area contributed by atoms with Crippen LogP contribution < -0.4 is 10.1 Å². The number of amides is 1. The molecule has 0 saturated carbocycles. The Morgan fingerprint density at radius 1 is 1.18 bits per heavy atom. The molecule has 0 fully saturated rings. The fourth-order valence-corrected chi connectivity index (χ4v) is 3.05. The number of para-hydroxylation sites is 2. The topological polar surface area (TPSA) is 51.2 Å². The van der Waals surface area contributed by atoms with Crippen LogP contribution in [0.3, 0.4) is 0 Å². The molecular formula is C17H16N2O2S. The minimum atomic E-state index is -0.587. The zero-order valence-corrected chi connectivity index (χ0v) is 13.2. The summed E-state index contributed by atoms with van der Waals surface area (Å²) in [7, 11) is 0. The van der Waals surface area contributed by atoms with E-state index in [0.717, 1.165) is 15.8 Å². The van der Waals surface area contributed by atoms with Crippen molar-refractivity contribution in [2.75, 3.05) is 5.32 Å². The van der Waals surface area contributed by atoms with Crippen molar-refractivity contribution >= 4 is 32.6 Å². The summed E-state index contributed by atoms with van der Waals surface area (Å²) in [5.41, 5.74) is 2.03. The van der Waals surface area contributed by atoms with Gasteiger partial charge in [-0.1, -0.05) is 41.7 Å². The summed E-state index contributed by atoms with van der Waals surface area (Å²) in [5.74, 6) is 0.464. The number of aromatic nitrogens is 1. The number of fused-ring (bicyclic) bond motifs is 1. The van der Waals surface area contributed by atoms with Crippen LogP contribution >= 0.6 is 11.3 Å². The molecule has 1 N–H and O–H groups in total. The summed E-state index contributed by atoms with van der Waals surface area (Å²) in [5, 5.41) is 3.42. The van der Waals surface area contributed by atoms with E-state index in [1.807, 2.05) is 55.5 Å². The van der Waals surface area contributed by atoms with E-state index >= 15 is 0 Å². The predicted octanol–water partition coefficient (Wildman–Crippen LogP) is 4.01. The van der Waals surface area contributed by atoms with Gasteiger partial charge in [-0.25, -0.2) is 4.98 Å². The molecule has 1 heterocycles. The van der Waals surface area contributed by atoms with E-state index in [-0.39, 0.29) is 5.91 Å². The van der Waals surface area contributed by atoms with Crippen LogP contribution in [-0.2, 0) is 4.79 Å². The number of rotatable bonds is 4. The van der Waals surface area contributed by atoms with Crippen molar-refractivity contribution in [2.24, 2.45) is 0 Å². The second-order valence-electron chi connectivity index (χ2n) is 5.00.